The highest BCUT2D eigenvalue weighted by atomic mass is 35.5. The summed E-state index contributed by atoms with van der Waals surface area (Å²) in [5.41, 5.74) is 0.0477. The Kier molecular flexibility index (Phi) is 3.85. The number of pyridine rings is 2. The molecule has 5 rings (SSSR count). The van der Waals surface area contributed by atoms with Crippen LogP contribution in [0.25, 0.3) is 22.3 Å². The van der Waals surface area contributed by atoms with Gasteiger partial charge in [0.1, 0.15) is 18.0 Å². The van der Waals surface area contributed by atoms with Crippen molar-refractivity contribution in [1.29, 1.82) is 0 Å². The van der Waals surface area contributed by atoms with Gasteiger partial charge in [0, 0.05) is 16.0 Å². The number of carbonyl (C=O) groups is 1. The number of rotatable bonds is 1. The fourth-order valence-electron chi connectivity index (χ4n) is 4.20. The maximum Gasteiger partial charge on any atom is 0.309 e. The Morgan fingerprint density at radius 2 is 2.10 bits per heavy atom. The zero-order valence-electron chi connectivity index (χ0n) is 15.5. The zero-order chi connectivity index (χ0) is 20.5. The quantitative estimate of drug-likeness (QED) is 0.483. The standard InChI is InChI=1S/C21H16ClFN2O4/c1-2-21(28)7-17(26)29-9-13-14(21)6-16-19-12(8-25(16)20(13)27)18(23)11-4-3-10(22)5-15(11)24-19/h3-6,28H,2,7-9H2,1H3. The molecule has 0 bridgehead atoms. The van der Waals surface area contributed by atoms with Gasteiger partial charge in [0.25, 0.3) is 5.56 Å². The van der Waals surface area contributed by atoms with Crippen LogP contribution in [0.3, 0.4) is 0 Å². The third kappa shape index (κ3) is 2.54. The van der Waals surface area contributed by atoms with Crippen LogP contribution in [0.4, 0.5) is 4.39 Å². The molecule has 0 fully saturated rings. The van der Waals surface area contributed by atoms with Crippen LogP contribution >= 0.6 is 11.6 Å². The molecule has 0 saturated heterocycles. The molecule has 4 heterocycles. The van der Waals surface area contributed by atoms with E-state index in [-0.39, 0.29) is 31.6 Å². The van der Waals surface area contributed by atoms with E-state index >= 15 is 4.39 Å². The summed E-state index contributed by atoms with van der Waals surface area (Å²) in [4.78, 5) is 29.7. The van der Waals surface area contributed by atoms with Gasteiger partial charge in [-0.15, -0.1) is 0 Å². The van der Waals surface area contributed by atoms with E-state index < -0.39 is 22.9 Å². The SMILES string of the molecule is CCC1(O)CC(=O)OCc2c1cc1n(c2=O)Cc2c-1nc1cc(Cl)ccc1c2F. The molecular weight excluding hydrogens is 399 g/mol. The Balaban J connectivity index is 1.82. The van der Waals surface area contributed by atoms with Crippen molar-refractivity contribution in [3.8, 4) is 11.4 Å². The molecule has 8 heteroatoms. The molecular formula is C21H16ClFN2O4. The number of carbonyl (C=O) groups excluding carboxylic acids is 1. The molecule has 2 aliphatic heterocycles. The van der Waals surface area contributed by atoms with Crippen molar-refractivity contribution < 1.29 is 19.0 Å². The van der Waals surface area contributed by atoms with E-state index in [1.54, 1.807) is 31.2 Å². The number of aliphatic hydroxyl groups is 1. The lowest BCUT2D eigenvalue weighted by Gasteiger charge is -2.26. The van der Waals surface area contributed by atoms with Gasteiger partial charge in [-0.25, -0.2) is 9.37 Å². The number of hydrogen-bond acceptors (Lipinski definition) is 5. The van der Waals surface area contributed by atoms with E-state index in [1.807, 2.05) is 0 Å². The van der Waals surface area contributed by atoms with Crippen LogP contribution in [0.2, 0.25) is 5.02 Å². The maximum absolute atomic E-state index is 15.2. The number of fused-ring (bicyclic) bond motifs is 5. The van der Waals surface area contributed by atoms with E-state index in [0.29, 0.717) is 38.4 Å². The largest absolute Gasteiger partial charge is 0.460 e. The first-order valence-corrected chi connectivity index (χ1v) is 9.63. The van der Waals surface area contributed by atoms with E-state index in [2.05, 4.69) is 4.98 Å². The van der Waals surface area contributed by atoms with E-state index in [4.69, 9.17) is 16.3 Å². The highest BCUT2D eigenvalue weighted by Crippen LogP contribution is 2.40. The summed E-state index contributed by atoms with van der Waals surface area (Å²) in [6.07, 6.45) is -0.0265. The Morgan fingerprint density at radius 1 is 1.31 bits per heavy atom. The first-order chi connectivity index (χ1) is 13.8. The van der Waals surface area contributed by atoms with Gasteiger partial charge >= 0.3 is 5.97 Å². The molecule has 1 aromatic carbocycles. The molecule has 0 spiro atoms. The van der Waals surface area contributed by atoms with Crippen LogP contribution in [0.15, 0.2) is 29.1 Å². The van der Waals surface area contributed by atoms with Gasteiger partial charge in [-0.3, -0.25) is 9.59 Å². The fourth-order valence-corrected chi connectivity index (χ4v) is 4.37. The predicted octanol–water partition coefficient (Wildman–Crippen LogP) is 3.26. The number of hydrogen-bond donors (Lipinski definition) is 1. The second kappa shape index (κ2) is 6.11. The zero-order valence-corrected chi connectivity index (χ0v) is 16.2. The van der Waals surface area contributed by atoms with Gasteiger partial charge in [0.05, 0.1) is 35.4 Å². The molecule has 0 saturated carbocycles. The number of ether oxygens (including phenoxy) is 1. The normalized spacial score (nSPS) is 20.1. The molecule has 29 heavy (non-hydrogen) atoms. The van der Waals surface area contributed by atoms with Gasteiger partial charge in [0.15, 0.2) is 0 Å². The Bertz CT molecular complexity index is 1290. The highest BCUT2D eigenvalue weighted by Gasteiger charge is 2.39. The van der Waals surface area contributed by atoms with Crippen LogP contribution in [0.5, 0.6) is 0 Å². The molecule has 2 aliphatic rings. The molecule has 1 atom stereocenters. The second-order valence-electron chi connectivity index (χ2n) is 7.45. The van der Waals surface area contributed by atoms with E-state index in [1.165, 1.54) is 4.57 Å². The van der Waals surface area contributed by atoms with E-state index in [0.717, 1.165) is 0 Å². The smallest absolute Gasteiger partial charge is 0.309 e. The molecule has 1 unspecified atom stereocenters. The Labute approximate surface area is 169 Å². The van der Waals surface area contributed by atoms with Crippen molar-refractivity contribution in [2.45, 2.75) is 38.5 Å². The van der Waals surface area contributed by atoms with Gasteiger partial charge in [-0.1, -0.05) is 18.5 Å². The van der Waals surface area contributed by atoms with Gasteiger partial charge in [-0.05, 0) is 36.2 Å². The fraction of sp³-hybridized carbons (Fsp3) is 0.286. The number of halogens is 2. The molecule has 0 aliphatic carbocycles. The first-order valence-electron chi connectivity index (χ1n) is 9.25. The molecule has 3 aromatic rings. The van der Waals surface area contributed by atoms with Crippen LogP contribution in [0, 0.1) is 5.82 Å². The van der Waals surface area contributed by atoms with Crippen molar-refractivity contribution in [3.63, 3.8) is 0 Å². The van der Waals surface area contributed by atoms with Crippen LogP contribution in [-0.4, -0.2) is 20.6 Å². The summed E-state index contributed by atoms with van der Waals surface area (Å²) in [6, 6.07) is 6.36. The molecule has 2 aromatic heterocycles. The number of nitrogens with zero attached hydrogens (tertiary/aromatic N) is 2. The number of aromatic nitrogens is 2. The first kappa shape index (κ1) is 18.3. The lowest BCUT2D eigenvalue weighted by Crippen LogP contribution is -2.32. The summed E-state index contributed by atoms with van der Waals surface area (Å²) < 4.78 is 21.7. The Hall–Kier alpha value is -2.77. The second-order valence-corrected chi connectivity index (χ2v) is 7.89. The summed E-state index contributed by atoms with van der Waals surface area (Å²) in [5, 5.41) is 11.8. The number of benzene rings is 1. The van der Waals surface area contributed by atoms with Gasteiger partial charge in [0.2, 0.25) is 0 Å². The third-order valence-electron chi connectivity index (χ3n) is 5.84. The third-order valence-corrected chi connectivity index (χ3v) is 6.07. The monoisotopic (exact) mass is 414 g/mol. The highest BCUT2D eigenvalue weighted by molar-refractivity contribution is 6.31. The topological polar surface area (TPSA) is 81.4 Å². The molecule has 148 valence electrons. The van der Waals surface area contributed by atoms with Gasteiger partial charge < -0.3 is 14.4 Å². The van der Waals surface area contributed by atoms with Crippen molar-refractivity contribution in [2.24, 2.45) is 0 Å². The summed E-state index contributed by atoms with van der Waals surface area (Å²) in [6.45, 7) is 1.53. The molecule has 0 radical (unpaired) electrons. The predicted molar refractivity (Wildman–Crippen MR) is 104 cm³/mol. The minimum Gasteiger partial charge on any atom is -0.460 e. The van der Waals surface area contributed by atoms with E-state index in [9.17, 15) is 14.7 Å². The minimum absolute atomic E-state index is 0.0205. The summed E-state index contributed by atoms with van der Waals surface area (Å²) in [7, 11) is 0. The lowest BCUT2D eigenvalue weighted by molar-refractivity contribution is -0.149. The van der Waals surface area contributed by atoms with Gasteiger partial charge in [-0.2, -0.15) is 0 Å². The lowest BCUT2D eigenvalue weighted by atomic mass is 9.85. The molecule has 0 amide bonds. The van der Waals surface area contributed by atoms with Crippen molar-refractivity contribution in [2.75, 3.05) is 0 Å². The van der Waals surface area contributed by atoms with Crippen LogP contribution in [-0.2, 0) is 28.3 Å². The molecule has 6 nitrogen and oxygen atoms in total. The average Bonchev–Trinajstić information content (AvgIpc) is 2.99. The van der Waals surface area contributed by atoms with Crippen molar-refractivity contribution >= 4 is 28.5 Å². The minimum atomic E-state index is -1.53. The van der Waals surface area contributed by atoms with Crippen LogP contribution in [0.1, 0.15) is 36.5 Å². The number of cyclic esters (lactones) is 1. The number of esters is 1. The summed E-state index contributed by atoms with van der Waals surface area (Å²) >= 11 is 6.03. The molecule has 1 N–H and O–H groups in total. The summed E-state index contributed by atoms with van der Waals surface area (Å²) in [5.74, 6) is -1.02. The maximum atomic E-state index is 15.2. The van der Waals surface area contributed by atoms with Crippen LogP contribution < -0.4 is 5.56 Å². The van der Waals surface area contributed by atoms with Crippen molar-refractivity contribution in [3.05, 3.63) is 62.1 Å². The van der Waals surface area contributed by atoms with Crippen molar-refractivity contribution in [1.82, 2.24) is 9.55 Å². The average molecular weight is 415 g/mol. The Morgan fingerprint density at radius 3 is 2.86 bits per heavy atom.